The second kappa shape index (κ2) is 8.20. The van der Waals surface area contributed by atoms with Crippen LogP contribution in [-0.4, -0.2) is 44.2 Å². The van der Waals surface area contributed by atoms with Crippen molar-refractivity contribution in [2.24, 2.45) is 0 Å². The normalized spacial score (nSPS) is 15.5. The van der Waals surface area contributed by atoms with Crippen molar-refractivity contribution in [2.45, 2.75) is 20.4 Å². The molecule has 0 N–H and O–H groups in total. The predicted octanol–water partition coefficient (Wildman–Crippen LogP) is 3.86. The molecule has 0 amide bonds. The molecule has 0 spiro atoms. The minimum absolute atomic E-state index is 1.06. The van der Waals surface area contributed by atoms with Gasteiger partial charge in [-0.15, -0.1) is 0 Å². The van der Waals surface area contributed by atoms with Crippen molar-refractivity contribution in [3.63, 3.8) is 0 Å². The van der Waals surface area contributed by atoms with Gasteiger partial charge in [-0.3, -0.25) is 4.90 Å². The lowest BCUT2D eigenvalue weighted by atomic mass is 10.1. The van der Waals surface area contributed by atoms with Gasteiger partial charge in [0, 0.05) is 57.2 Å². The van der Waals surface area contributed by atoms with Crippen LogP contribution < -0.4 is 9.80 Å². The van der Waals surface area contributed by atoms with Crippen molar-refractivity contribution in [2.75, 3.05) is 49.1 Å². The van der Waals surface area contributed by atoms with Gasteiger partial charge in [0.1, 0.15) is 0 Å². The van der Waals surface area contributed by atoms with Crippen LogP contribution in [0.3, 0.4) is 0 Å². The van der Waals surface area contributed by atoms with E-state index in [4.69, 9.17) is 0 Å². The Hall–Kier alpha value is -2.00. The molecule has 0 unspecified atom stereocenters. The lowest BCUT2D eigenvalue weighted by molar-refractivity contribution is 0.250. The number of piperazine rings is 1. The second-order valence-electron chi connectivity index (χ2n) is 6.44. The van der Waals surface area contributed by atoms with Crippen molar-refractivity contribution in [1.82, 2.24) is 4.90 Å². The maximum Gasteiger partial charge on any atom is 0.0367 e. The molecular weight excluding hydrogens is 294 g/mol. The zero-order chi connectivity index (χ0) is 16.8. The minimum atomic E-state index is 1.06. The summed E-state index contributed by atoms with van der Waals surface area (Å²) < 4.78 is 0. The Kier molecular flexibility index (Phi) is 5.76. The summed E-state index contributed by atoms with van der Waals surface area (Å²) in [5, 5.41) is 0. The Morgan fingerprint density at radius 1 is 0.792 bits per heavy atom. The maximum absolute atomic E-state index is 2.56. The summed E-state index contributed by atoms with van der Waals surface area (Å²) in [7, 11) is 0. The molecule has 3 rings (SSSR count). The van der Waals surface area contributed by atoms with Gasteiger partial charge in [-0.2, -0.15) is 0 Å². The Morgan fingerprint density at radius 2 is 1.42 bits per heavy atom. The summed E-state index contributed by atoms with van der Waals surface area (Å²) in [4.78, 5) is 7.44. The van der Waals surface area contributed by atoms with E-state index in [0.717, 1.165) is 45.8 Å². The van der Waals surface area contributed by atoms with Gasteiger partial charge in [0.2, 0.25) is 0 Å². The van der Waals surface area contributed by atoms with Crippen LogP contribution in [0.1, 0.15) is 19.4 Å². The van der Waals surface area contributed by atoms with Gasteiger partial charge in [-0.25, -0.2) is 0 Å². The van der Waals surface area contributed by atoms with Gasteiger partial charge in [0.15, 0.2) is 0 Å². The topological polar surface area (TPSA) is 9.72 Å². The zero-order valence-corrected chi connectivity index (χ0v) is 15.0. The van der Waals surface area contributed by atoms with E-state index in [9.17, 15) is 0 Å². The molecule has 0 saturated carbocycles. The summed E-state index contributed by atoms with van der Waals surface area (Å²) in [5.74, 6) is 0. The fraction of sp³-hybridized carbons (Fsp3) is 0.429. The molecular formula is C21H29N3. The Balaban J connectivity index is 1.53. The standard InChI is InChI=1S/C21H29N3/c1-3-23(4-2)21-12-10-19(11-13-21)18-22-14-16-24(17-15-22)20-8-6-5-7-9-20/h5-13H,3-4,14-18H2,1-2H3. The Morgan fingerprint density at radius 3 is 2.00 bits per heavy atom. The first-order valence-corrected chi connectivity index (χ1v) is 9.16. The molecule has 3 nitrogen and oxygen atoms in total. The van der Waals surface area contributed by atoms with E-state index in [2.05, 4.69) is 83.1 Å². The van der Waals surface area contributed by atoms with Crippen molar-refractivity contribution < 1.29 is 0 Å². The minimum Gasteiger partial charge on any atom is -0.372 e. The monoisotopic (exact) mass is 323 g/mol. The summed E-state index contributed by atoms with van der Waals surface area (Å²) in [6, 6.07) is 19.9. The average molecular weight is 323 g/mol. The Labute approximate surface area is 146 Å². The van der Waals surface area contributed by atoms with E-state index in [-0.39, 0.29) is 0 Å². The van der Waals surface area contributed by atoms with Crippen LogP contribution in [0.15, 0.2) is 54.6 Å². The highest BCUT2D eigenvalue weighted by atomic mass is 15.3. The van der Waals surface area contributed by atoms with Gasteiger partial charge in [-0.1, -0.05) is 30.3 Å². The number of para-hydroxylation sites is 1. The lowest BCUT2D eigenvalue weighted by Gasteiger charge is -2.36. The first-order valence-electron chi connectivity index (χ1n) is 9.16. The third-order valence-electron chi connectivity index (χ3n) is 4.96. The summed E-state index contributed by atoms with van der Waals surface area (Å²) in [6.45, 7) is 12.1. The van der Waals surface area contributed by atoms with Crippen molar-refractivity contribution >= 4 is 11.4 Å². The van der Waals surface area contributed by atoms with E-state index in [1.54, 1.807) is 0 Å². The molecule has 0 aromatic heterocycles. The largest absolute Gasteiger partial charge is 0.372 e. The van der Waals surface area contributed by atoms with E-state index >= 15 is 0 Å². The van der Waals surface area contributed by atoms with Gasteiger partial charge in [-0.05, 0) is 43.7 Å². The van der Waals surface area contributed by atoms with Crippen LogP contribution in [-0.2, 0) is 6.54 Å². The molecule has 1 aliphatic rings. The van der Waals surface area contributed by atoms with Crippen LogP contribution in [0.2, 0.25) is 0 Å². The van der Waals surface area contributed by atoms with Crippen LogP contribution >= 0.6 is 0 Å². The summed E-state index contributed by atoms with van der Waals surface area (Å²) in [6.07, 6.45) is 0. The molecule has 128 valence electrons. The molecule has 1 fully saturated rings. The molecule has 1 saturated heterocycles. The predicted molar refractivity (Wildman–Crippen MR) is 104 cm³/mol. The molecule has 1 heterocycles. The fourth-order valence-electron chi connectivity index (χ4n) is 3.46. The highest BCUT2D eigenvalue weighted by Crippen LogP contribution is 2.19. The molecule has 0 aliphatic carbocycles. The quantitative estimate of drug-likeness (QED) is 0.799. The van der Waals surface area contributed by atoms with E-state index < -0.39 is 0 Å². The van der Waals surface area contributed by atoms with Crippen molar-refractivity contribution in [3.05, 3.63) is 60.2 Å². The number of nitrogens with zero attached hydrogens (tertiary/aromatic N) is 3. The molecule has 0 bridgehead atoms. The Bertz CT molecular complexity index is 597. The number of benzene rings is 2. The number of hydrogen-bond acceptors (Lipinski definition) is 3. The van der Waals surface area contributed by atoms with Gasteiger partial charge < -0.3 is 9.80 Å². The van der Waals surface area contributed by atoms with Gasteiger partial charge in [0.25, 0.3) is 0 Å². The SMILES string of the molecule is CCN(CC)c1ccc(CN2CCN(c3ccccc3)CC2)cc1. The van der Waals surface area contributed by atoms with Crippen molar-refractivity contribution in [3.8, 4) is 0 Å². The summed E-state index contributed by atoms with van der Waals surface area (Å²) in [5.41, 5.74) is 4.09. The molecule has 2 aromatic carbocycles. The van der Waals surface area contributed by atoms with Gasteiger partial charge >= 0.3 is 0 Å². The highest BCUT2D eigenvalue weighted by Gasteiger charge is 2.17. The van der Waals surface area contributed by atoms with Crippen LogP contribution in [0.4, 0.5) is 11.4 Å². The maximum atomic E-state index is 2.56. The fourth-order valence-corrected chi connectivity index (χ4v) is 3.46. The zero-order valence-electron chi connectivity index (χ0n) is 15.0. The van der Waals surface area contributed by atoms with Gasteiger partial charge in [0.05, 0.1) is 0 Å². The number of hydrogen-bond donors (Lipinski definition) is 0. The molecule has 3 heteroatoms. The lowest BCUT2D eigenvalue weighted by Crippen LogP contribution is -2.45. The first-order chi connectivity index (χ1) is 11.8. The second-order valence-corrected chi connectivity index (χ2v) is 6.44. The molecule has 1 aliphatic heterocycles. The summed E-state index contributed by atoms with van der Waals surface area (Å²) >= 11 is 0. The van der Waals surface area contributed by atoms with E-state index in [0.29, 0.717) is 0 Å². The first kappa shape index (κ1) is 16.8. The molecule has 24 heavy (non-hydrogen) atoms. The van der Waals surface area contributed by atoms with E-state index in [1.807, 2.05) is 0 Å². The number of rotatable bonds is 6. The average Bonchev–Trinajstić information content (AvgIpc) is 2.65. The molecule has 0 radical (unpaired) electrons. The third kappa shape index (κ3) is 4.09. The van der Waals surface area contributed by atoms with Crippen molar-refractivity contribution in [1.29, 1.82) is 0 Å². The van der Waals surface area contributed by atoms with Crippen LogP contribution in [0.25, 0.3) is 0 Å². The third-order valence-corrected chi connectivity index (χ3v) is 4.96. The molecule has 0 atom stereocenters. The smallest absolute Gasteiger partial charge is 0.0367 e. The molecule has 2 aromatic rings. The van der Waals surface area contributed by atoms with E-state index in [1.165, 1.54) is 16.9 Å². The number of anilines is 2. The highest BCUT2D eigenvalue weighted by molar-refractivity contribution is 5.48. The van der Waals surface area contributed by atoms with Crippen LogP contribution in [0, 0.1) is 0 Å². The van der Waals surface area contributed by atoms with Crippen LogP contribution in [0.5, 0.6) is 0 Å².